The number of carbonyl (C=O) groups is 1. The maximum Gasteiger partial charge on any atom is 0.477 e. The number of allylic oxidation sites excluding steroid dienone is 2. The molecule has 0 amide bonds. The molecule has 0 saturated carbocycles. The topological polar surface area (TPSA) is 65.0 Å². The van der Waals surface area contributed by atoms with Crippen molar-refractivity contribution < 1.29 is 22.6 Å². The molecule has 23 heavy (non-hydrogen) atoms. The quantitative estimate of drug-likeness (QED) is 0.257. The molecule has 0 heterocycles. The lowest BCUT2D eigenvalue weighted by Crippen LogP contribution is -2.44. The van der Waals surface area contributed by atoms with Crippen molar-refractivity contribution in [3.8, 4) is 0 Å². The molecule has 8 heteroatoms. The van der Waals surface area contributed by atoms with E-state index in [0.29, 0.717) is 18.0 Å². The number of carbonyl (C=O) groups excluding carboxylic acids is 1. The normalized spacial score (nSPS) is 14.0. The highest BCUT2D eigenvalue weighted by Gasteiger charge is 2.34. The largest absolute Gasteiger partial charge is 0.477 e. The van der Waals surface area contributed by atoms with Crippen LogP contribution < -0.4 is 0 Å². The van der Waals surface area contributed by atoms with Crippen LogP contribution in [-0.2, 0) is 17.8 Å². The van der Waals surface area contributed by atoms with Crippen LogP contribution in [0.25, 0.3) is 0 Å². The van der Waals surface area contributed by atoms with Crippen molar-refractivity contribution in [2.75, 3.05) is 6.61 Å². The zero-order valence-corrected chi connectivity index (χ0v) is 18.8. The summed E-state index contributed by atoms with van der Waals surface area (Å²) in [5, 5.41) is 0. The Balaban J connectivity index is 4.45. The fourth-order valence-corrected chi connectivity index (χ4v) is 7.69. The Bertz CT molecular complexity index is 430. The van der Waals surface area contributed by atoms with E-state index in [1.807, 2.05) is 39.1 Å². The zero-order chi connectivity index (χ0) is 17.9. The smallest absolute Gasteiger partial charge is 0.462 e. The minimum atomic E-state index is -3.16. The molecule has 0 radical (unpaired) electrons. The van der Waals surface area contributed by atoms with E-state index in [0.717, 1.165) is 0 Å². The first-order chi connectivity index (χ1) is 10.7. The number of hydrogen-bond donors (Lipinski definition) is 1. The predicted molar refractivity (Wildman–Crippen MR) is 101 cm³/mol. The molecule has 0 rings (SSSR count). The van der Waals surface area contributed by atoms with E-state index in [-0.39, 0.29) is 6.61 Å². The van der Waals surface area contributed by atoms with Gasteiger partial charge in [-0.15, -0.1) is 0 Å². The van der Waals surface area contributed by atoms with Crippen molar-refractivity contribution in [1.82, 2.24) is 0 Å². The van der Waals surface area contributed by atoms with E-state index in [1.165, 1.54) is 11.1 Å². The van der Waals surface area contributed by atoms with Crippen molar-refractivity contribution in [2.45, 2.75) is 47.1 Å². The Morgan fingerprint density at radius 1 is 1.09 bits per heavy atom. The Morgan fingerprint density at radius 2 is 1.57 bits per heavy atom. The molecule has 0 aliphatic rings. The average molecular weight is 375 g/mol. The second-order valence-corrected chi connectivity index (χ2v) is 11.6. The summed E-state index contributed by atoms with van der Waals surface area (Å²) in [4.78, 5) is 22.0. The molecule has 0 aliphatic heterocycles. The van der Waals surface area contributed by atoms with E-state index < -0.39 is 34.3 Å². The molecule has 0 unspecified atom stereocenters. The van der Waals surface area contributed by atoms with Crippen LogP contribution >= 0.6 is 0 Å². The maximum absolute atomic E-state index is 11.3. The van der Waals surface area contributed by atoms with E-state index in [4.69, 9.17) is 13.0 Å². The maximum atomic E-state index is 11.3. The molecule has 5 nitrogen and oxygen atoms in total. The average Bonchev–Trinajstić information content (AvgIpc) is 2.42. The minimum absolute atomic E-state index is 0.238. The van der Waals surface area contributed by atoms with E-state index in [1.54, 1.807) is 6.92 Å². The van der Waals surface area contributed by atoms with Crippen molar-refractivity contribution in [3.05, 3.63) is 34.7 Å². The van der Waals surface area contributed by atoms with Gasteiger partial charge in [-0.1, -0.05) is 29.1 Å². The second-order valence-electron chi connectivity index (χ2n) is 5.92. The SMILES string of the molecule is C=C(C)C(=O)OCCC[Si](O)(O[SiH2]C=C(C)C)O[SiH2]C=C(C)C. The summed E-state index contributed by atoms with van der Waals surface area (Å²) in [6.07, 6.45) is 0.522. The van der Waals surface area contributed by atoms with E-state index in [9.17, 15) is 9.59 Å². The lowest BCUT2D eigenvalue weighted by molar-refractivity contribution is -0.139. The minimum Gasteiger partial charge on any atom is -0.462 e. The molecule has 0 saturated heterocycles. The van der Waals surface area contributed by atoms with Gasteiger partial charge >= 0.3 is 14.8 Å². The number of rotatable bonds is 11. The predicted octanol–water partition coefficient (Wildman–Crippen LogP) is 1.48. The van der Waals surface area contributed by atoms with Gasteiger partial charge in [0.2, 0.25) is 0 Å². The lowest BCUT2D eigenvalue weighted by atomic mass is 10.4. The molecule has 0 aromatic rings. The van der Waals surface area contributed by atoms with Crippen molar-refractivity contribution >= 4 is 34.3 Å². The molecule has 0 bridgehead atoms. The summed E-state index contributed by atoms with van der Waals surface area (Å²) in [6.45, 7) is 13.4. The van der Waals surface area contributed by atoms with Gasteiger partial charge in [-0.05, 0) is 41.0 Å². The summed E-state index contributed by atoms with van der Waals surface area (Å²) >= 11 is 0. The fourth-order valence-electron chi connectivity index (χ4n) is 1.45. The van der Waals surface area contributed by atoms with Gasteiger partial charge in [0, 0.05) is 11.6 Å². The Morgan fingerprint density at radius 3 is 1.96 bits per heavy atom. The Labute approximate surface area is 145 Å². The number of ether oxygens (including phenoxy) is 1. The molecule has 132 valence electrons. The van der Waals surface area contributed by atoms with Crippen LogP contribution in [0.3, 0.4) is 0 Å². The van der Waals surface area contributed by atoms with Gasteiger partial charge in [0.15, 0.2) is 19.5 Å². The summed E-state index contributed by atoms with van der Waals surface area (Å²) in [6, 6.07) is 0.406. The monoisotopic (exact) mass is 374 g/mol. The van der Waals surface area contributed by atoms with Crippen molar-refractivity contribution in [2.24, 2.45) is 0 Å². The first kappa shape index (κ1) is 22.2. The van der Waals surface area contributed by atoms with E-state index in [2.05, 4.69) is 6.58 Å². The molecule has 0 atom stereocenters. The van der Waals surface area contributed by atoms with Gasteiger partial charge in [-0.25, -0.2) is 4.79 Å². The Kier molecular flexibility index (Phi) is 11.3. The molecule has 0 aliphatic carbocycles. The summed E-state index contributed by atoms with van der Waals surface area (Å²) in [7, 11) is -5.05. The highest BCUT2D eigenvalue weighted by Crippen LogP contribution is 2.13. The highest BCUT2D eigenvalue weighted by molar-refractivity contribution is 6.70. The molecular formula is C15H30O5Si3. The summed E-state index contributed by atoms with van der Waals surface area (Å²) in [5.41, 5.74) is 6.84. The summed E-state index contributed by atoms with van der Waals surface area (Å²) < 4.78 is 16.6. The molecule has 1 N–H and O–H groups in total. The molecule has 0 aromatic heterocycles. The van der Waals surface area contributed by atoms with Gasteiger partial charge in [0.25, 0.3) is 0 Å². The van der Waals surface area contributed by atoms with Crippen LogP contribution in [0.5, 0.6) is 0 Å². The summed E-state index contributed by atoms with van der Waals surface area (Å²) in [5.74, 6) is -0.408. The molecule has 0 aromatic carbocycles. The molecular weight excluding hydrogens is 344 g/mol. The van der Waals surface area contributed by atoms with Crippen molar-refractivity contribution in [3.63, 3.8) is 0 Å². The van der Waals surface area contributed by atoms with Crippen LogP contribution in [0.1, 0.15) is 41.0 Å². The third-order valence-corrected chi connectivity index (χ3v) is 10.7. The number of hydrogen-bond acceptors (Lipinski definition) is 5. The van der Waals surface area contributed by atoms with Gasteiger partial charge in [-0.3, -0.25) is 0 Å². The second kappa shape index (κ2) is 11.7. The van der Waals surface area contributed by atoms with Crippen LogP contribution in [0.4, 0.5) is 0 Å². The van der Waals surface area contributed by atoms with Crippen LogP contribution in [0.2, 0.25) is 6.04 Å². The van der Waals surface area contributed by atoms with Gasteiger partial charge in [0.05, 0.1) is 6.61 Å². The zero-order valence-electron chi connectivity index (χ0n) is 15.0. The Hall–Kier alpha value is -0.779. The lowest BCUT2D eigenvalue weighted by Gasteiger charge is -2.24. The van der Waals surface area contributed by atoms with Crippen LogP contribution in [0.15, 0.2) is 34.7 Å². The third-order valence-electron chi connectivity index (χ3n) is 2.82. The van der Waals surface area contributed by atoms with Crippen molar-refractivity contribution in [1.29, 1.82) is 0 Å². The van der Waals surface area contributed by atoms with Crippen LogP contribution in [-0.4, -0.2) is 45.7 Å². The van der Waals surface area contributed by atoms with Gasteiger partial charge in [0.1, 0.15) is 0 Å². The fraction of sp³-hybridized carbons (Fsp3) is 0.533. The highest BCUT2D eigenvalue weighted by atomic mass is 28.4. The van der Waals surface area contributed by atoms with Gasteiger partial charge < -0.3 is 17.8 Å². The van der Waals surface area contributed by atoms with Crippen LogP contribution in [0, 0.1) is 0 Å². The number of esters is 1. The first-order valence-corrected chi connectivity index (χ1v) is 12.5. The molecule has 0 spiro atoms. The van der Waals surface area contributed by atoms with Gasteiger partial charge in [-0.2, -0.15) is 0 Å². The standard InChI is InChI=1S/C15H30O5Si3/c1-12(2)10-21-19-23(17,20-22-11-13(3)4)9-7-8-18-15(16)14(5)6/h10-11,17H,5,7-9,21-22H2,1-4,6H3. The molecule has 0 fully saturated rings. The first-order valence-electron chi connectivity index (χ1n) is 7.76. The van der Waals surface area contributed by atoms with E-state index >= 15 is 0 Å². The third kappa shape index (κ3) is 12.3.